The van der Waals surface area contributed by atoms with Gasteiger partial charge >= 0.3 is 0 Å². The van der Waals surface area contributed by atoms with Gasteiger partial charge in [-0.15, -0.1) is 0 Å². The third kappa shape index (κ3) is 6.09. The van der Waals surface area contributed by atoms with Crippen LogP contribution in [0, 0.1) is 6.92 Å². The monoisotopic (exact) mass is 435 g/mol. The van der Waals surface area contributed by atoms with Crippen molar-refractivity contribution in [3.05, 3.63) is 59.7 Å². The number of piperazine rings is 2. The molecule has 2 heterocycles. The van der Waals surface area contributed by atoms with Crippen molar-refractivity contribution in [2.75, 3.05) is 75.7 Å². The van der Waals surface area contributed by atoms with Crippen LogP contribution < -0.4 is 10.2 Å². The van der Waals surface area contributed by atoms with Gasteiger partial charge in [0.1, 0.15) is 0 Å². The van der Waals surface area contributed by atoms with E-state index in [1.165, 1.54) is 16.8 Å². The molecular weight excluding hydrogens is 398 g/mol. The number of hydrogen-bond acceptors (Lipinski definition) is 5. The fourth-order valence-corrected chi connectivity index (χ4v) is 4.74. The van der Waals surface area contributed by atoms with Gasteiger partial charge in [-0.3, -0.25) is 14.6 Å². The fourth-order valence-electron chi connectivity index (χ4n) is 4.74. The molecule has 0 unspecified atom stereocenters. The average molecular weight is 436 g/mol. The van der Waals surface area contributed by atoms with Crippen LogP contribution in [0.4, 0.5) is 11.4 Å². The lowest BCUT2D eigenvalue weighted by Gasteiger charge is -2.36. The zero-order valence-electron chi connectivity index (χ0n) is 19.6. The van der Waals surface area contributed by atoms with Gasteiger partial charge in [0, 0.05) is 70.3 Å². The highest BCUT2D eigenvalue weighted by atomic mass is 16.2. The number of benzene rings is 2. The van der Waals surface area contributed by atoms with Crippen LogP contribution in [0.2, 0.25) is 0 Å². The van der Waals surface area contributed by atoms with Crippen molar-refractivity contribution in [2.45, 2.75) is 20.4 Å². The summed E-state index contributed by atoms with van der Waals surface area (Å²) >= 11 is 0. The Morgan fingerprint density at radius 1 is 0.844 bits per heavy atom. The van der Waals surface area contributed by atoms with Crippen LogP contribution in [0.25, 0.3) is 0 Å². The number of nitrogens with zero attached hydrogens (tertiary/aromatic N) is 4. The highest BCUT2D eigenvalue weighted by Gasteiger charge is 2.20. The highest BCUT2D eigenvalue weighted by molar-refractivity contribution is 5.92. The number of hydrogen-bond donors (Lipinski definition) is 1. The molecule has 32 heavy (non-hydrogen) atoms. The summed E-state index contributed by atoms with van der Waals surface area (Å²) in [7, 11) is 0. The molecule has 0 bridgehead atoms. The standard InChI is InChI=1S/C26H37N5O/c1-3-28-15-17-31(18-16-28)25-10-9-24(19-22(25)2)27-26(32)21-30-13-11-29(12-14-30)20-23-7-5-4-6-8-23/h4-10,19H,3,11-18,20-21H2,1-2H3,(H,27,32). The Balaban J connectivity index is 1.23. The van der Waals surface area contributed by atoms with E-state index in [1.807, 2.05) is 6.07 Å². The maximum atomic E-state index is 12.6. The van der Waals surface area contributed by atoms with Gasteiger partial charge in [0.2, 0.25) is 5.91 Å². The summed E-state index contributed by atoms with van der Waals surface area (Å²) in [6, 6.07) is 16.9. The zero-order chi connectivity index (χ0) is 22.3. The van der Waals surface area contributed by atoms with Crippen molar-refractivity contribution in [2.24, 2.45) is 0 Å². The van der Waals surface area contributed by atoms with E-state index < -0.39 is 0 Å². The van der Waals surface area contributed by atoms with Crippen LogP contribution in [0.5, 0.6) is 0 Å². The number of likely N-dealkylation sites (N-methyl/N-ethyl adjacent to an activating group) is 1. The summed E-state index contributed by atoms with van der Waals surface area (Å²) in [4.78, 5) is 22.3. The molecule has 6 heteroatoms. The largest absolute Gasteiger partial charge is 0.369 e. The molecule has 0 aromatic heterocycles. The summed E-state index contributed by atoms with van der Waals surface area (Å²) < 4.78 is 0. The molecule has 0 saturated carbocycles. The minimum absolute atomic E-state index is 0.0743. The first-order valence-corrected chi connectivity index (χ1v) is 12.0. The lowest BCUT2D eigenvalue weighted by Crippen LogP contribution is -2.48. The van der Waals surface area contributed by atoms with Gasteiger partial charge in [-0.1, -0.05) is 37.3 Å². The number of carbonyl (C=O) groups excluding carboxylic acids is 1. The Morgan fingerprint density at radius 2 is 1.50 bits per heavy atom. The second-order valence-corrected chi connectivity index (χ2v) is 9.01. The van der Waals surface area contributed by atoms with Crippen molar-refractivity contribution < 1.29 is 4.79 Å². The number of amides is 1. The first-order chi connectivity index (χ1) is 15.6. The second kappa shape index (κ2) is 10.9. The van der Waals surface area contributed by atoms with Crippen molar-refractivity contribution in [3.8, 4) is 0 Å². The van der Waals surface area contributed by atoms with Crippen LogP contribution in [0.1, 0.15) is 18.1 Å². The SMILES string of the molecule is CCN1CCN(c2ccc(NC(=O)CN3CCN(Cc4ccccc4)CC3)cc2C)CC1. The Morgan fingerprint density at radius 3 is 2.16 bits per heavy atom. The molecule has 6 nitrogen and oxygen atoms in total. The van der Waals surface area contributed by atoms with Gasteiger partial charge in [0.25, 0.3) is 0 Å². The normalized spacial score (nSPS) is 18.6. The lowest BCUT2D eigenvalue weighted by molar-refractivity contribution is -0.117. The van der Waals surface area contributed by atoms with Gasteiger partial charge in [0.15, 0.2) is 0 Å². The van der Waals surface area contributed by atoms with Crippen LogP contribution >= 0.6 is 0 Å². The van der Waals surface area contributed by atoms with Gasteiger partial charge in [0.05, 0.1) is 6.54 Å². The number of aryl methyl sites for hydroxylation is 1. The van der Waals surface area contributed by atoms with E-state index in [4.69, 9.17) is 0 Å². The topological polar surface area (TPSA) is 42.1 Å². The Hall–Kier alpha value is -2.41. The average Bonchev–Trinajstić information content (AvgIpc) is 2.81. The minimum Gasteiger partial charge on any atom is -0.369 e. The van der Waals surface area contributed by atoms with E-state index >= 15 is 0 Å². The molecule has 0 radical (unpaired) electrons. The Kier molecular flexibility index (Phi) is 7.79. The van der Waals surface area contributed by atoms with Gasteiger partial charge in [-0.05, 0) is 42.8 Å². The molecule has 172 valence electrons. The molecule has 0 atom stereocenters. The molecule has 0 spiro atoms. The molecule has 1 amide bonds. The molecule has 4 rings (SSSR count). The highest BCUT2D eigenvalue weighted by Crippen LogP contribution is 2.25. The minimum atomic E-state index is 0.0743. The van der Waals surface area contributed by atoms with Crippen molar-refractivity contribution in [3.63, 3.8) is 0 Å². The van der Waals surface area contributed by atoms with Crippen LogP contribution in [0.15, 0.2) is 48.5 Å². The quantitative estimate of drug-likeness (QED) is 0.724. The summed E-state index contributed by atoms with van der Waals surface area (Å²) in [6.07, 6.45) is 0. The predicted molar refractivity (Wildman–Crippen MR) is 132 cm³/mol. The van der Waals surface area contributed by atoms with Crippen molar-refractivity contribution in [1.82, 2.24) is 14.7 Å². The third-order valence-corrected chi connectivity index (χ3v) is 6.72. The summed E-state index contributed by atoms with van der Waals surface area (Å²) in [5, 5.41) is 3.11. The first-order valence-electron chi connectivity index (χ1n) is 12.0. The molecule has 2 aromatic rings. The maximum Gasteiger partial charge on any atom is 0.238 e. The van der Waals surface area contributed by atoms with E-state index in [9.17, 15) is 4.79 Å². The Labute approximate surface area is 192 Å². The molecule has 2 saturated heterocycles. The smallest absolute Gasteiger partial charge is 0.238 e. The number of nitrogens with one attached hydrogen (secondary N) is 1. The van der Waals surface area contributed by atoms with Crippen LogP contribution in [0.3, 0.4) is 0 Å². The van der Waals surface area contributed by atoms with Gasteiger partial charge < -0.3 is 15.1 Å². The van der Waals surface area contributed by atoms with Crippen LogP contribution in [-0.4, -0.2) is 86.1 Å². The zero-order valence-corrected chi connectivity index (χ0v) is 19.6. The summed E-state index contributed by atoms with van der Waals surface area (Å²) in [6.45, 7) is 15.2. The maximum absolute atomic E-state index is 12.6. The van der Waals surface area contributed by atoms with Crippen molar-refractivity contribution >= 4 is 17.3 Å². The molecule has 1 N–H and O–H groups in total. The summed E-state index contributed by atoms with van der Waals surface area (Å²) in [5.41, 5.74) is 4.76. The fraction of sp³-hybridized carbons (Fsp3) is 0.500. The molecule has 2 fully saturated rings. The molecule has 2 aliphatic rings. The van der Waals surface area contributed by atoms with E-state index in [0.717, 1.165) is 71.1 Å². The first kappa shape index (κ1) is 22.8. The number of anilines is 2. The lowest BCUT2D eigenvalue weighted by atomic mass is 10.1. The Bertz CT molecular complexity index is 871. The molecule has 2 aromatic carbocycles. The molecular formula is C26H37N5O. The summed E-state index contributed by atoms with van der Waals surface area (Å²) in [5.74, 6) is 0.0743. The van der Waals surface area contributed by atoms with E-state index in [0.29, 0.717) is 6.54 Å². The third-order valence-electron chi connectivity index (χ3n) is 6.72. The van der Waals surface area contributed by atoms with E-state index in [1.54, 1.807) is 0 Å². The number of carbonyl (C=O) groups is 1. The van der Waals surface area contributed by atoms with E-state index in [2.05, 4.69) is 81.2 Å². The van der Waals surface area contributed by atoms with Gasteiger partial charge in [-0.25, -0.2) is 0 Å². The number of rotatable bonds is 7. The van der Waals surface area contributed by atoms with Crippen molar-refractivity contribution in [1.29, 1.82) is 0 Å². The van der Waals surface area contributed by atoms with E-state index in [-0.39, 0.29) is 5.91 Å². The van der Waals surface area contributed by atoms with Crippen LogP contribution in [-0.2, 0) is 11.3 Å². The molecule has 2 aliphatic heterocycles. The van der Waals surface area contributed by atoms with Gasteiger partial charge in [-0.2, -0.15) is 0 Å². The second-order valence-electron chi connectivity index (χ2n) is 9.01. The predicted octanol–water partition coefficient (Wildman–Crippen LogP) is 2.89. The molecule has 0 aliphatic carbocycles.